The van der Waals surface area contributed by atoms with Crippen LogP contribution in [0, 0.1) is 5.41 Å². The highest BCUT2D eigenvalue weighted by Gasteiger charge is 2.28. The van der Waals surface area contributed by atoms with Crippen LogP contribution in [0.2, 0.25) is 0 Å². The highest BCUT2D eigenvalue weighted by atomic mass is 16.4. The summed E-state index contributed by atoms with van der Waals surface area (Å²) >= 11 is 0. The first kappa shape index (κ1) is 15.4. The molecule has 0 saturated heterocycles. The number of anilines is 1. The molecule has 1 atom stereocenters. The summed E-state index contributed by atoms with van der Waals surface area (Å²) in [6.07, 6.45) is 0.688. The molecular weight excluding hydrogens is 268 g/mol. The lowest BCUT2D eigenvalue weighted by molar-refractivity contribution is 0.0697. The Morgan fingerprint density at radius 1 is 1.33 bits per heavy atom. The summed E-state index contributed by atoms with van der Waals surface area (Å²) in [6, 6.07) is 4.83. The fraction of sp³-hybridized carbons (Fsp3) is 0.500. The summed E-state index contributed by atoms with van der Waals surface area (Å²) < 4.78 is 0. The number of carboxylic acid groups (broad SMARTS) is 1. The van der Waals surface area contributed by atoms with Gasteiger partial charge in [0.25, 0.3) is 0 Å². The van der Waals surface area contributed by atoms with Crippen LogP contribution in [0.25, 0.3) is 0 Å². The molecule has 0 saturated carbocycles. The molecule has 1 aliphatic heterocycles. The molecule has 0 aliphatic carbocycles. The summed E-state index contributed by atoms with van der Waals surface area (Å²) in [7, 11) is 0. The molecule has 114 valence electrons. The fourth-order valence-corrected chi connectivity index (χ4v) is 2.23. The quantitative estimate of drug-likeness (QED) is 0.880. The van der Waals surface area contributed by atoms with Crippen molar-refractivity contribution in [2.45, 2.75) is 40.2 Å². The first-order valence-electron chi connectivity index (χ1n) is 7.14. The molecule has 2 rings (SSSR count). The third kappa shape index (κ3) is 3.17. The van der Waals surface area contributed by atoms with E-state index in [2.05, 4.69) is 26.1 Å². The molecule has 1 aliphatic rings. The minimum Gasteiger partial charge on any atom is -0.478 e. The SMILES string of the molecule is CC(NC(=O)N1CCc2cc(C(=O)O)ccc21)C(C)(C)C. The smallest absolute Gasteiger partial charge is 0.335 e. The number of urea groups is 1. The molecule has 1 unspecified atom stereocenters. The second-order valence-corrected chi connectivity index (χ2v) is 6.59. The third-order valence-corrected chi connectivity index (χ3v) is 4.11. The summed E-state index contributed by atoms with van der Waals surface area (Å²) in [4.78, 5) is 25.0. The maximum absolute atomic E-state index is 12.4. The molecule has 1 aromatic carbocycles. The van der Waals surface area contributed by atoms with Crippen molar-refractivity contribution in [1.82, 2.24) is 5.32 Å². The highest BCUT2D eigenvalue weighted by Crippen LogP contribution is 2.29. The number of rotatable bonds is 2. The zero-order valence-electron chi connectivity index (χ0n) is 12.9. The Bertz CT molecular complexity index is 575. The van der Waals surface area contributed by atoms with Crippen molar-refractivity contribution in [3.8, 4) is 0 Å². The molecule has 21 heavy (non-hydrogen) atoms. The maximum atomic E-state index is 12.4. The molecule has 1 heterocycles. The lowest BCUT2D eigenvalue weighted by Gasteiger charge is -2.30. The molecule has 0 spiro atoms. The first-order valence-corrected chi connectivity index (χ1v) is 7.14. The van der Waals surface area contributed by atoms with E-state index in [0.717, 1.165) is 11.3 Å². The van der Waals surface area contributed by atoms with E-state index in [-0.39, 0.29) is 23.1 Å². The summed E-state index contributed by atoms with van der Waals surface area (Å²) in [5.74, 6) is -0.943. The van der Waals surface area contributed by atoms with Crippen LogP contribution in [0.15, 0.2) is 18.2 Å². The van der Waals surface area contributed by atoms with Crippen molar-refractivity contribution in [2.75, 3.05) is 11.4 Å². The van der Waals surface area contributed by atoms with Gasteiger partial charge in [-0.2, -0.15) is 0 Å². The van der Waals surface area contributed by atoms with Gasteiger partial charge in [-0.3, -0.25) is 4.90 Å². The minimum absolute atomic E-state index is 0.00855. The van der Waals surface area contributed by atoms with Gasteiger partial charge in [-0.15, -0.1) is 0 Å². The zero-order chi connectivity index (χ0) is 15.8. The van der Waals surface area contributed by atoms with E-state index in [9.17, 15) is 9.59 Å². The predicted octanol–water partition coefficient (Wildman–Crippen LogP) is 2.89. The van der Waals surface area contributed by atoms with Gasteiger partial charge in [0, 0.05) is 18.3 Å². The van der Waals surface area contributed by atoms with Crippen LogP contribution >= 0.6 is 0 Å². The van der Waals surface area contributed by atoms with Crippen LogP contribution in [0.3, 0.4) is 0 Å². The van der Waals surface area contributed by atoms with Crippen molar-refractivity contribution < 1.29 is 14.7 Å². The number of fused-ring (bicyclic) bond motifs is 1. The Morgan fingerprint density at radius 3 is 2.57 bits per heavy atom. The summed E-state index contributed by atoms with van der Waals surface area (Å²) in [6.45, 7) is 8.81. The number of nitrogens with zero attached hydrogens (tertiary/aromatic N) is 1. The number of nitrogens with one attached hydrogen (secondary N) is 1. The fourth-order valence-electron chi connectivity index (χ4n) is 2.23. The van der Waals surface area contributed by atoms with Crippen LogP contribution in [0.1, 0.15) is 43.6 Å². The maximum Gasteiger partial charge on any atom is 0.335 e. The number of carbonyl (C=O) groups excluding carboxylic acids is 1. The Balaban J connectivity index is 2.16. The van der Waals surface area contributed by atoms with Crippen LogP contribution in [0.4, 0.5) is 10.5 Å². The first-order chi connectivity index (χ1) is 9.70. The summed E-state index contributed by atoms with van der Waals surface area (Å²) in [5, 5.41) is 12.0. The number of carboxylic acids is 1. The molecule has 5 heteroatoms. The number of amides is 2. The van der Waals surface area contributed by atoms with Gasteiger partial charge in [0.2, 0.25) is 0 Å². The average Bonchev–Trinajstić information content (AvgIpc) is 2.80. The van der Waals surface area contributed by atoms with Gasteiger partial charge in [-0.25, -0.2) is 9.59 Å². The van der Waals surface area contributed by atoms with Crippen LogP contribution < -0.4 is 10.2 Å². The monoisotopic (exact) mass is 290 g/mol. The molecule has 0 radical (unpaired) electrons. The molecule has 0 bridgehead atoms. The van der Waals surface area contributed by atoms with E-state index >= 15 is 0 Å². The van der Waals surface area contributed by atoms with E-state index < -0.39 is 5.97 Å². The van der Waals surface area contributed by atoms with Crippen LogP contribution in [-0.2, 0) is 6.42 Å². The predicted molar refractivity (Wildman–Crippen MR) is 81.9 cm³/mol. The average molecular weight is 290 g/mol. The summed E-state index contributed by atoms with van der Waals surface area (Å²) in [5.41, 5.74) is 1.97. The van der Waals surface area contributed by atoms with Gasteiger partial charge in [0.15, 0.2) is 0 Å². The number of carbonyl (C=O) groups is 2. The normalized spacial score (nSPS) is 15.5. The second-order valence-electron chi connectivity index (χ2n) is 6.59. The van der Waals surface area contributed by atoms with Gasteiger partial charge >= 0.3 is 12.0 Å². The Labute approximate surface area is 125 Å². The lowest BCUT2D eigenvalue weighted by atomic mass is 9.88. The third-order valence-electron chi connectivity index (χ3n) is 4.11. The van der Waals surface area contributed by atoms with E-state index in [4.69, 9.17) is 5.11 Å². The van der Waals surface area contributed by atoms with Crippen molar-refractivity contribution in [3.63, 3.8) is 0 Å². The zero-order valence-corrected chi connectivity index (χ0v) is 12.9. The number of hydrogen-bond acceptors (Lipinski definition) is 2. The van der Waals surface area contributed by atoms with Crippen molar-refractivity contribution in [2.24, 2.45) is 5.41 Å². The molecule has 5 nitrogen and oxygen atoms in total. The Morgan fingerprint density at radius 2 is 2.00 bits per heavy atom. The molecule has 2 amide bonds. The highest BCUT2D eigenvalue weighted by molar-refractivity contribution is 5.96. The van der Waals surface area contributed by atoms with Gasteiger partial charge in [0.05, 0.1) is 5.56 Å². The van der Waals surface area contributed by atoms with Gasteiger partial charge in [-0.1, -0.05) is 20.8 Å². The topological polar surface area (TPSA) is 69.6 Å². The molecular formula is C16H22N2O3. The van der Waals surface area contributed by atoms with Gasteiger partial charge in [0.1, 0.15) is 0 Å². The molecule has 0 fully saturated rings. The number of benzene rings is 1. The molecule has 1 aromatic rings. The van der Waals surface area contributed by atoms with Crippen LogP contribution in [0.5, 0.6) is 0 Å². The van der Waals surface area contributed by atoms with Crippen molar-refractivity contribution in [1.29, 1.82) is 0 Å². The molecule has 0 aromatic heterocycles. The standard InChI is InChI=1S/C16H22N2O3/c1-10(16(2,3)4)17-15(21)18-8-7-11-9-12(14(19)20)5-6-13(11)18/h5-6,9-10H,7-8H2,1-4H3,(H,17,21)(H,19,20). The van der Waals surface area contributed by atoms with Crippen LogP contribution in [-0.4, -0.2) is 29.7 Å². The van der Waals surface area contributed by atoms with E-state index in [1.54, 1.807) is 23.1 Å². The van der Waals surface area contributed by atoms with E-state index in [1.807, 2.05) is 6.92 Å². The van der Waals surface area contributed by atoms with Crippen molar-refractivity contribution >= 4 is 17.7 Å². The largest absolute Gasteiger partial charge is 0.478 e. The second kappa shape index (κ2) is 5.39. The van der Waals surface area contributed by atoms with Crippen molar-refractivity contribution in [3.05, 3.63) is 29.3 Å². The number of hydrogen-bond donors (Lipinski definition) is 2. The van der Waals surface area contributed by atoms with Gasteiger partial charge < -0.3 is 10.4 Å². The Hall–Kier alpha value is -2.04. The van der Waals surface area contributed by atoms with E-state index in [0.29, 0.717) is 13.0 Å². The minimum atomic E-state index is -0.943. The van der Waals surface area contributed by atoms with Gasteiger partial charge in [-0.05, 0) is 42.5 Å². The van der Waals surface area contributed by atoms with E-state index in [1.165, 1.54) is 0 Å². The number of aromatic carboxylic acids is 1. The Kier molecular flexibility index (Phi) is 3.94. The molecule has 2 N–H and O–H groups in total. The lowest BCUT2D eigenvalue weighted by Crippen LogP contribution is -2.47.